The van der Waals surface area contributed by atoms with Crippen LogP contribution in [-0.2, 0) is 4.79 Å². The second kappa shape index (κ2) is 5.84. The fraction of sp³-hybridized carbons (Fsp3) is 0.250. The Bertz CT molecular complexity index is 376. The highest BCUT2D eigenvalue weighted by Crippen LogP contribution is 2.11. The summed E-state index contributed by atoms with van der Waals surface area (Å²) in [6, 6.07) is 8.37. The van der Waals surface area contributed by atoms with Gasteiger partial charge in [0.15, 0.2) is 0 Å². The van der Waals surface area contributed by atoms with E-state index in [0.717, 1.165) is 5.56 Å². The van der Waals surface area contributed by atoms with Crippen molar-refractivity contribution in [2.45, 2.75) is 13.0 Å². The molecule has 2 N–H and O–H groups in total. The van der Waals surface area contributed by atoms with Gasteiger partial charge in [0.05, 0.1) is 6.54 Å². The number of carboxylic acid groups (broad SMARTS) is 1. The second-order valence-electron chi connectivity index (χ2n) is 2.99. The molecule has 1 unspecified atom stereocenters. The van der Waals surface area contributed by atoms with Crippen LogP contribution in [0.1, 0.15) is 18.5 Å². The number of rotatable bonds is 4. The van der Waals surface area contributed by atoms with Crippen molar-refractivity contribution in [3.05, 3.63) is 35.9 Å². The fourth-order valence-electron chi connectivity index (χ4n) is 1.23. The first kappa shape index (κ1) is 11.3. The molecular formula is C12H13NO2. The monoisotopic (exact) mass is 203 g/mol. The molecule has 0 heterocycles. The maximum absolute atomic E-state index is 11.0. The van der Waals surface area contributed by atoms with E-state index in [0.29, 0.717) is 6.54 Å². The largest absolute Gasteiger partial charge is 0.480 e. The highest BCUT2D eigenvalue weighted by molar-refractivity contribution is 5.75. The molecule has 0 aliphatic carbocycles. The number of aliphatic carboxylic acids is 1. The van der Waals surface area contributed by atoms with Crippen molar-refractivity contribution < 1.29 is 9.90 Å². The highest BCUT2D eigenvalue weighted by Gasteiger charge is 2.17. The topological polar surface area (TPSA) is 49.3 Å². The zero-order valence-corrected chi connectivity index (χ0v) is 8.53. The summed E-state index contributed by atoms with van der Waals surface area (Å²) in [6.07, 6.45) is 0. The van der Waals surface area contributed by atoms with Crippen molar-refractivity contribution in [2.75, 3.05) is 6.54 Å². The lowest BCUT2D eigenvalue weighted by Gasteiger charge is -2.12. The lowest BCUT2D eigenvalue weighted by atomic mass is 10.1. The third-order valence-corrected chi connectivity index (χ3v) is 1.95. The average Bonchev–Trinajstić information content (AvgIpc) is 2.25. The van der Waals surface area contributed by atoms with E-state index in [2.05, 4.69) is 17.2 Å². The lowest BCUT2D eigenvalue weighted by Crippen LogP contribution is -2.28. The Hall–Kier alpha value is -1.79. The summed E-state index contributed by atoms with van der Waals surface area (Å²) in [5.74, 6) is 4.60. The van der Waals surface area contributed by atoms with Gasteiger partial charge in [-0.25, -0.2) is 0 Å². The normalized spacial score (nSPS) is 11.3. The molecule has 0 radical (unpaired) electrons. The van der Waals surface area contributed by atoms with Gasteiger partial charge >= 0.3 is 5.97 Å². The van der Waals surface area contributed by atoms with E-state index >= 15 is 0 Å². The first-order chi connectivity index (χ1) is 7.25. The molecule has 0 bridgehead atoms. The molecule has 0 aliphatic heterocycles. The SMILES string of the molecule is CC#CCNC(C(=O)O)c1ccccc1. The van der Waals surface area contributed by atoms with Gasteiger partial charge in [-0.3, -0.25) is 10.1 Å². The standard InChI is InChI=1S/C12H13NO2/c1-2-3-9-13-11(12(14)15)10-7-5-4-6-8-10/h4-8,11,13H,9H2,1H3,(H,14,15). The highest BCUT2D eigenvalue weighted by atomic mass is 16.4. The van der Waals surface area contributed by atoms with Crippen LogP contribution in [0.15, 0.2) is 30.3 Å². The molecule has 1 aromatic rings. The second-order valence-corrected chi connectivity index (χ2v) is 2.99. The van der Waals surface area contributed by atoms with Crippen molar-refractivity contribution in [2.24, 2.45) is 0 Å². The Balaban J connectivity index is 2.73. The van der Waals surface area contributed by atoms with Crippen LogP contribution in [0.4, 0.5) is 0 Å². The Morgan fingerprint density at radius 3 is 2.67 bits per heavy atom. The third-order valence-electron chi connectivity index (χ3n) is 1.95. The van der Waals surface area contributed by atoms with Gasteiger partial charge in [-0.05, 0) is 12.5 Å². The number of hydrogen-bond donors (Lipinski definition) is 2. The summed E-state index contributed by atoms with van der Waals surface area (Å²) in [4.78, 5) is 11.0. The minimum atomic E-state index is -0.890. The average molecular weight is 203 g/mol. The van der Waals surface area contributed by atoms with Crippen LogP contribution < -0.4 is 5.32 Å². The Labute approximate surface area is 89.1 Å². The van der Waals surface area contributed by atoms with Gasteiger partial charge in [0.25, 0.3) is 0 Å². The molecule has 15 heavy (non-hydrogen) atoms. The Kier molecular flexibility index (Phi) is 4.39. The lowest BCUT2D eigenvalue weighted by molar-refractivity contribution is -0.139. The van der Waals surface area contributed by atoms with Gasteiger partial charge < -0.3 is 5.11 Å². The van der Waals surface area contributed by atoms with E-state index in [4.69, 9.17) is 5.11 Å². The molecule has 0 saturated carbocycles. The van der Waals surface area contributed by atoms with Crippen molar-refractivity contribution in [1.29, 1.82) is 0 Å². The van der Waals surface area contributed by atoms with Gasteiger partial charge in [0.2, 0.25) is 0 Å². The van der Waals surface area contributed by atoms with Gasteiger partial charge in [0, 0.05) is 0 Å². The maximum atomic E-state index is 11.0. The third kappa shape index (κ3) is 3.45. The number of carbonyl (C=O) groups is 1. The van der Waals surface area contributed by atoms with Crippen LogP contribution in [0.2, 0.25) is 0 Å². The molecule has 0 saturated heterocycles. The quantitative estimate of drug-likeness (QED) is 0.728. The van der Waals surface area contributed by atoms with E-state index in [1.807, 2.05) is 18.2 Å². The van der Waals surface area contributed by atoms with Crippen molar-refractivity contribution >= 4 is 5.97 Å². The first-order valence-electron chi connectivity index (χ1n) is 4.66. The van der Waals surface area contributed by atoms with Gasteiger partial charge in [0.1, 0.15) is 6.04 Å². The number of nitrogens with one attached hydrogen (secondary N) is 1. The molecule has 0 fully saturated rings. The summed E-state index contributed by atoms with van der Waals surface area (Å²) in [7, 11) is 0. The molecule has 0 aliphatic rings. The predicted octanol–water partition coefficient (Wildman–Crippen LogP) is 1.43. The van der Waals surface area contributed by atoms with Gasteiger partial charge in [-0.1, -0.05) is 36.3 Å². The molecular weight excluding hydrogens is 190 g/mol. The van der Waals surface area contributed by atoms with E-state index < -0.39 is 12.0 Å². The zero-order chi connectivity index (χ0) is 11.1. The zero-order valence-electron chi connectivity index (χ0n) is 8.53. The number of benzene rings is 1. The smallest absolute Gasteiger partial charge is 0.325 e. The molecule has 0 spiro atoms. The van der Waals surface area contributed by atoms with Crippen LogP contribution in [-0.4, -0.2) is 17.6 Å². The number of hydrogen-bond acceptors (Lipinski definition) is 2. The summed E-state index contributed by atoms with van der Waals surface area (Å²) in [6.45, 7) is 2.10. The number of carboxylic acids is 1. The predicted molar refractivity (Wildman–Crippen MR) is 58.3 cm³/mol. The van der Waals surface area contributed by atoms with E-state index in [9.17, 15) is 4.79 Å². The molecule has 0 aromatic heterocycles. The molecule has 1 atom stereocenters. The molecule has 3 nitrogen and oxygen atoms in total. The minimum absolute atomic E-state index is 0.377. The van der Waals surface area contributed by atoms with Crippen molar-refractivity contribution in [3.8, 4) is 11.8 Å². The molecule has 78 valence electrons. The van der Waals surface area contributed by atoms with Gasteiger partial charge in [-0.2, -0.15) is 0 Å². The fourth-order valence-corrected chi connectivity index (χ4v) is 1.23. The van der Waals surface area contributed by atoms with E-state index in [-0.39, 0.29) is 0 Å². The van der Waals surface area contributed by atoms with Crippen LogP contribution >= 0.6 is 0 Å². The van der Waals surface area contributed by atoms with Crippen LogP contribution in [0.25, 0.3) is 0 Å². The summed E-state index contributed by atoms with van der Waals surface area (Å²) >= 11 is 0. The maximum Gasteiger partial charge on any atom is 0.325 e. The van der Waals surface area contributed by atoms with Crippen LogP contribution in [0, 0.1) is 11.8 Å². The Morgan fingerprint density at radius 2 is 2.13 bits per heavy atom. The summed E-state index contributed by atoms with van der Waals surface area (Å²) in [5.41, 5.74) is 0.739. The van der Waals surface area contributed by atoms with Crippen LogP contribution in [0.5, 0.6) is 0 Å². The molecule has 1 rings (SSSR count). The first-order valence-corrected chi connectivity index (χ1v) is 4.66. The summed E-state index contributed by atoms with van der Waals surface area (Å²) in [5, 5.41) is 11.9. The molecule has 3 heteroatoms. The van der Waals surface area contributed by atoms with Crippen molar-refractivity contribution in [1.82, 2.24) is 5.32 Å². The van der Waals surface area contributed by atoms with Gasteiger partial charge in [-0.15, -0.1) is 5.92 Å². The minimum Gasteiger partial charge on any atom is -0.480 e. The molecule has 0 amide bonds. The molecule has 1 aromatic carbocycles. The van der Waals surface area contributed by atoms with E-state index in [1.165, 1.54) is 0 Å². The van der Waals surface area contributed by atoms with E-state index in [1.54, 1.807) is 19.1 Å². The van der Waals surface area contributed by atoms with Crippen molar-refractivity contribution in [3.63, 3.8) is 0 Å². The Morgan fingerprint density at radius 1 is 1.47 bits per heavy atom. The van der Waals surface area contributed by atoms with Crippen LogP contribution in [0.3, 0.4) is 0 Å². The summed E-state index contributed by atoms with van der Waals surface area (Å²) < 4.78 is 0.